The van der Waals surface area contributed by atoms with Gasteiger partial charge in [0.1, 0.15) is 5.75 Å². The second-order valence-corrected chi connectivity index (χ2v) is 5.03. The number of rotatable bonds is 6. The van der Waals surface area contributed by atoms with E-state index < -0.39 is 12.1 Å². The average Bonchev–Trinajstić information content (AvgIpc) is 2.54. The summed E-state index contributed by atoms with van der Waals surface area (Å²) >= 11 is 0. The van der Waals surface area contributed by atoms with E-state index in [1.807, 2.05) is 0 Å². The Morgan fingerprint density at radius 2 is 1.70 bits per heavy atom. The lowest BCUT2D eigenvalue weighted by atomic mass is 10.1. The van der Waals surface area contributed by atoms with Gasteiger partial charge in [0.15, 0.2) is 11.9 Å². The number of ether oxygens (including phenoxy) is 1. The predicted octanol–water partition coefficient (Wildman–Crippen LogP) is 3.49. The first-order valence-corrected chi connectivity index (χ1v) is 7.10. The highest BCUT2D eigenvalue weighted by atomic mass is 16.5. The molecule has 0 spiro atoms. The molecule has 1 N–H and O–H groups in total. The van der Waals surface area contributed by atoms with Crippen molar-refractivity contribution in [2.75, 3.05) is 0 Å². The Morgan fingerprint density at radius 1 is 1.09 bits per heavy atom. The average molecular weight is 311 g/mol. The molecule has 118 valence electrons. The number of ketones is 1. The molecule has 0 bridgehead atoms. The van der Waals surface area contributed by atoms with E-state index in [1.165, 1.54) is 13.8 Å². The summed E-state index contributed by atoms with van der Waals surface area (Å²) in [5.41, 5.74) is 2.25. The number of Topliss-reactive ketones (excluding diaryl/α,β-unsaturated/α-hetero) is 1. The molecule has 0 amide bonds. The Morgan fingerprint density at radius 3 is 2.22 bits per heavy atom. The molecule has 0 aromatic heterocycles. The molecule has 0 heterocycles. The Balaban J connectivity index is 2.02. The highest BCUT2D eigenvalue weighted by Gasteiger charge is 2.11. The van der Waals surface area contributed by atoms with Crippen molar-refractivity contribution >= 4 is 23.7 Å². The number of benzene rings is 2. The largest absolute Gasteiger partial charge is 0.479 e. The second-order valence-electron chi connectivity index (χ2n) is 5.03. The van der Waals surface area contributed by atoms with Crippen LogP contribution in [0, 0.1) is 0 Å². The van der Waals surface area contributed by atoms with Gasteiger partial charge in [-0.15, -0.1) is 0 Å². The van der Waals surface area contributed by atoms with Crippen molar-refractivity contribution < 1.29 is 19.4 Å². The lowest BCUT2D eigenvalue weighted by molar-refractivity contribution is -0.144. The molecule has 23 heavy (non-hydrogen) atoms. The van der Waals surface area contributed by atoms with E-state index in [9.17, 15) is 9.59 Å². The van der Waals surface area contributed by atoms with E-state index in [2.05, 4.69) is 4.99 Å². The van der Waals surface area contributed by atoms with Crippen LogP contribution >= 0.6 is 0 Å². The van der Waals surface area contributed by atoms with E-state index in [4.69, 9.17) is 9.84 Å². The lowest BCUT2D eigenvalue weighted by Crippen LogP contribution is -2.22. The molecule has 0 saturated heterocycles. The summed E-state index contributed by atoms with van der Waals surface area (Å²) in [4.78, 5) is 26.3. The van der Waals surface area contributed by atoms with Crippen molar-refractivity contribution in [2.24, 2.45) is 4.99 Å². The van der Waals surface area contributed by atoms with Gasteiger partial charge in [0.2, 0.25) is 0 Å². The zero-order chi connectivity index (χ0) is 16.8. The van der Waals surface area contributed by atoms with E-state index in [0.717, 1.165) is 11.3 Å². The van der Waals surface area contributed by atoms with Crippen molar-refractivity contribution in [2.45, 2.75) is 20.0 Å². The van der Waals surface area contributed by atoms with Crippen LogP contribution in [0.1, 0.15) is 29.8 Å². The second kappa shape index (κ2) is 7.35. The molecule has 5 nitrogen and oxygen atoms in total. The Hall–Kier alpha value is -2.95. The summed E-state index contributed by atoms with van der Waals surface area (Å²) in [6.07, 6.45) is 0.794. The summed E-state index contributed by atoms with van der Waals surface area (Å²) in [7, 11) is 0. The molecule has 0 fully saturated rings. The van der Waals surface area contributed by atoms with Gasteiger partial charge in [0.25, 0.3) is 0 Å². The quantitative estimate of drug-likeness (QED) is 0.654. The van der Waals surface area contributed by atoms with Gasteiger partial charge in [-0.2, -0.15) is 0 Å². The fraction of sp³-hybridized carbons (Fsp3) is 0.167. The van der Waals surface area contributed by atoms with Crippen LogP contribution in [-0.4, -0.2) is 29.2 Å². The van der Waals surface area contributed by atoms with Crippen molar-refractivity contribution in [3.8, 4) is 5.75 Å². The molecule has 0 radical (unpaired) electrons. The highest BCUT2D eigenvalue weighted by Crippen LogP contribution is 2.16. The van der Waals surface area contributed by atoms with Crippen molar-refractivity contribution in [3.63, 3.8) is 0 Å². The van der Waals surface area contributed by atoms with Gasteiger partial charge in [-0.3, -0.25) is 9.79 Å². The van der Waals surface area contributed by atoms with Gasteiger partial charge in [0.05, 0.1) is 5.69 Å². The van der Waals surface area contributed by atoms with Crippen LogP contribution in [0.2, 0.25) is 0 Å². The van der Waals surface area contributed by atoms with Gasteiger partial charge in [0, 0.05) is 11.8 Å². The summed E-state index contributed by atoms with van der Waals surface area (Å²) in [6.45, 7) is 3.00. The fourth-order valence-electron chi connectivity index (χ4n) is 1.82. The molecule has 1 unspecified atom stereocenters. The summed E-state index contributed by atoms with van der Waals surface area (Å²) in [6, 6.07) is 14.0. The van der Waals surface area contributed by atoms with Crippen LogP contribution in [0.4, 0.5) is 5.69 Å². The minimum Gasteiger partial charge on any atom is -0.479 e. The van der Waals surface area contributed by atoms with Crippen molar-refractivity contribution in [1.82, 2.24) is 0 Å². The van der Waals surface area contributed by atoms with E-state index in [1.54, 1.807) is 54.7 Å². The van der Waals surface area contributed by atoms with Crippen LogP contribution < -0.4 is 4.74 Å². The normalized spacial score (nSPS) is 12.1. The zero-order valence-corrected chi connectivity index (χ0v) is 12.9. The van der Waals surface area contributed by atoms with Gasteiger partial charge in [-0.25, -0.2) is 4.79 Å². The molecule has 2 rings (SSSR count). The third kappa shape index (κ3) is 4.78. The molecule has 5 heteroatoms. The number of hydrogen-bond donors (Lipinski definition) is 1. The first kappa shape index (κ1) is 16.4. The zero-order valence-electron chi connectivity index (χ0n) is 12.9. The Bertz CT molecular complexity index is 718. The van der Waals surface area contributed by atoms with Crippen LogP contribution in [-0.2, 0) is 4.79 Å². The Labute approximate surface area is 134 Å². The van der Waals surface area contributed by atoms with E-state index in [0.29, 0.717) is 11.3 Å². The predicted molar refractivity (Wildman–Crippen MR) is 87.9 cm³/mol. The van der Waals surface area contributed by atoms with Gasteiger partial charge in [-0.1, -0.05) is 0 Å². The molecule has 1 atom stereocenters. The van der Waals surface area contributed by atoms with E-state index in [-0.39, 0.29) is 5.78 Å². The van der Waals surface area contributed by atoms with Gasteiger partial charge >= 0.3 is 5.97 Å². The monoisotopic (exact) mass is 311 g/mol. The fourth-order valence-corrected chi connectivity index (χ4v) is 1.82. The smallest absolute Gasteiger partial charge is 0.344 e. The lowest BCUT2D eigenvalue weighted by Gasteiger charge is -2.09. The van der Waals surface area contributed by atoms with Crippen LogP contribution in [0.25, 0.3) is 0 Å². The van der Waals surface area contributed by atoms with Crippen LogP contribution in [0.5, 0.6) is 5.75 Å². The minimum atomic E-state index is -1.01. The maximum atomic E-state index is 11.2. The number of aliphatic imine (C=N–C) groups is 1. The summed E-state index contributed by atoms with van der Waals surface area (Å²) in [5, 5.41) is 8.79. The van der Waals surface area contributed by atoms with Crippen LogP contribution in [0.3, 0.4) is 0 Å². The molecule has 0 aliphatic carbocycles. The van der Waals surface area contributed by atoms with Gasteiger partial charge < -0.3 is 9.84 Å². The number of carboxylic acids is 1. The summed E-state index contributed by atoms with van der Waals surface area (Å²) < 4.78 is 5.25. The van der Waals surface area contributed by atoms with Gasteiger partial charge in [-0.05, 0) is 67.9 Å². The molecule has 0 aliphatic heterocycles. The molecule has 2 aromatic carbocycles. The first-order chi connectivity index (χ1) is 11.0. The molecular weight excluding hydrogens is 294 g/mol. The number of aliphatic carboxylic acids is 1. The number of carbonyl (C=O) groups excluding carboxylic acids is 1. The maximum absolute atomic E-state index is 11.2. The topological polar surface area (TPSA) is 76.0 Å². The van der Waals surface area contributed by atoms with Crippen molar-refractivity contribution in [1.29, 1.82) is 0 Å². The number of nitrogens with zero attached hydrogens (tertiary/aromatic N) is 1. The van der Waals surface area contributed by atoms with E-state index >= 15 is 0 Å². The summed E-state index contributed by atoms with van der Waals surface area (Å²) in [5.74, 6) is -0.501. The third-order valence-electron chi connectivity index (χ3n) is 3.18. The number of carboxylic acid groups (broad SMARTS) is 1. The maximum Gasteiger partial charge on any atom is 0.344 e. The Kier molecular flexibility index (Phi) is 5.25. The molecular formula is C18H17NO4. The van der Waals surface area contributed by atoms with Crippen molar-refractivity contribution in [3.05, 3.63) is 59.7 Å². The SMILES string of the molecule is CC(=O)c1ccc(N=Cc2ccc(OC(C)C(=O)O)cc2)cc1. The number of hydrogen-bond acceptors (Lipinski definition) is 4. The molecule has 2 aromatic rings. The third-order valence-corrected chi connectivity index (χ3v) is 3.18. The highest BCUT2D eigenvalue weighted by molar-refractivity contribution is 5.94. The number of carbonyl (C=O) groups is 2. The standard InChI is InChI=1S/C18H17NO4/c1-12(20)15-5-7-16(8-6-15)19-11-14-3-9-17(10-4-14)23-13(2)18(21)22/h3-11,13H,1-2H3,(H,21,22). The molecule has 0 saturated carbocycles. The molecule has 0 aliphatic rings. The minimum absolute atomic E-state index is 0.0201. The first-order valence-electron chi connectivity index (χ1n) is 7.10. The van der Waals surface area contributed by atoms with Crippen LogP contribution in [0.15, 0.2) is 53.5 Å².